The number of carbonyl (C=O) groups is 1. The van der Waals surface area contributed by atoms with Crippen molar-refractivity contribution >= 4 is 11.6 Å². The highest BCUT2D eigenvalue weighted by Crippen LogP contribution is 2.19. The van der Waals surface area contributed by atoms with Crippen LogP contribution in [-0.2, 0) is 4.79 Å². The molecular formula is C12H14F2N2O. The molecule has 0 aliphatic heterocycles. The number of hydrogen-bond donors (Lipinski definition) is 2. The molecule has 0 radical (unpaired) electrons. The topological polar surface area (TPSA) is 41.1 Å². The molecule has 2 rings (SSSR count). The highest BCUT2D eigenvalue weighted by molar-refractivity contribution is 5.92. The number of benzene rings is 1. The molecule has 5 heteroatoms. The van der Waals surface area contributed by atoms with E-state index in [2.05, 4.69) is 10.6 Å². The van der Waals surface area contributed by atoms with Gasteiger partial charge in [0.15, 0.2) is 0 Å². The van der Waals surface area contributed by atoms with Gasteiger partial charge in [0.05, 0.1) is 6.54 Å². The third-order valence-electron chi connectivity index (χ3n) is 2.88. The maximum absolute atomic E-state index is 13.2. The summed E-state index contributed by atoms with van der Waals surface area (Å²) in [6.07, 6.45) is 3.28. The number of halogens is 2. The summed E-state index contributed by atoms with van der Waals surface area (Å²) in [5.41, 5.74) is -0.382. The number of nitrogens with one attached hydrogen (secondary N) is 2. The van der Waals surface area contributed by atoms with E-state index in [1.165, 1.54) is 12.5 Å². The quantitative estimate of drug-likeness (QED) is 0.845. The zero-order valence-corrected chi connectivity index (χ0v) is 9.30. The lowest BCUT2D eigenvalue weighted by Gasteiger charge is -2.26. The number of amides is 1. The minimum atomic E-state index is -0.762. The first-order valence-corrected chi connectivity index (χ1v) is 5.64. The minimum absolute atomic E-state index is 0.0818. The first-order chi connectivity index (χ1) is 8.16. The van der Waals surface area contributed by atoms with Gasteiger partial charge in [-0.25, -0.2) is 8.78 Å². The molecule has 0 bridgehead atoms. The highest BCUT2D eigenvalue weighted by atomic mass is 19.1. The van der Waals surface area contributed by atoms with Crippen molar-refractivity contribution in [3.8, 4) is 0 Å². The summed E-state index contributed by atoms with van der Waals surface area (Å²) in [7, 11) is 0. The molecular weight excluding hydrogens is 226 g/mol. The molecule has 0 spiro atoms. The van der Waals surface area contributed by atoms with Crippen LogP contribution in [-0.4, -0.2) is 18.5 Å². The molecule has 1 aliphatic carbocycles. The van der Waals surface area contributed by atoms with E-state index in [-0.39, 0.29) is 12.2 Å². The van der Waals surface area contributed by atoms with Crippen molar-refractivity contribution in [3.05, 3.63) is 29.8 Å². The number of para-hydroxylation sites is 1. The lowest BCUT2D eigenvalue weighted by Crippen LogP contribution is -2.40. The van der Waals surface area contributed by atoms with Gasteiger partial charge in [-0.15, -0.1) is 0 Å². The standard InChI is InChI=1S/C12H14F2N2O/c13-9-5-2-6-10(14)12(9)16-11(17)7-15-8-3-1-4-8/h2,5-6,8,15H,1,3-4,7H2,(H,16,17). The summed E-state index contributed by atoms with van der Waals surface area (Å²) in [6, 6.07) is 3.84. The van der Waals surface area contributed by atoms with Crippen LogP contribution in [0.5, 0.6) is 0 Å². The SMILES string of the molecule is O=C(CNC1CCC1)Nc1c(F)cccc1F. The third kappa shape index (κ3) is 3.00. The van der Waals surface area contributed by atoms with Crippen molar-refractivity contribution in [1.82, 2.24) is 5.32 Å². The van der Waals surface area contributed by atoms with E-state index in [1.807, 2.05) is 0 Å². The molecule has 17 heavy (non-hydrogen) atoms. The molecule has 3 nitrogen and oxygen atoms in total. The Morgan fingerprint density at radius 1 is 1.29 bits per heavy atom. The minimum Gasteiger partial charge on any atom is -0.320 e. The van der Waals surface area contributed by atoms with Crippen LogP contribution in [0, 0.1) is 11.6 Å². The Balaban J connectivity index is 1.88. The van der Waals surface area contributed by atoms with Gasteiger partial charge in [-0.1, -0.05) is 12.5 Å². The Hall–Kier alpha value is -1.49. The van der Waals surface area contributed by atoms with E-state index in [1.54, 1.807) is 0 Å². The van der Waals surface area contributed by atoms with Crippen LogP contribution in [0.3, 0.4) is 0 Å². The van der Waals surface area contributed by atoms with Gasteiger partial charge in [-0.2, -0.15) is 0 Å². The average molecular weight is 240 g/mol. The van der Waals surface area contributed by atoms with Gasteiger partial charge < -0.3 is 10.6 Å². The number of anilines is 1. The molecule has 0 aromatic heterocycles. The molecule has 1 aromatic carbocycles. The molecule has 0 unspecified atom stereocenters. The van der Waals surface area contributed by atoms with E-state index in [4.69, 9.17) is 0 Å². The zero-order valence-electron chi connectivity index (χ0n) is 9.30. The summed E-state index contributed by atoms with van der Waals surface area (Å²) in [6.45, 7) is 0.0818. The first kappa shape index (κ1) is 12.0. The average Bonchev–Trinajstić information content (AvgIpc) is 2.21. The monoisotopic (exact) mass is 240 g/mol. The van der Waals surface area contributed by atoms with Crippen LogP contribution >= 0.6 is 0 Å². The van der Waals surface area contributed by atoms with E-state index in [0.29, 0.717) is 6.04 Å². The van der Waals surface area contributed by atoms with Crippen LogP contribution in [0.4, 0.5) is 14.5 Å². The van der Waals surface area contributed by atoms with Gasteiger partial charge in [0.25, 0.3) is 0 Å². The van der Waals surface area contributed by atoms with Gasteiger partial charge in [0.2, 0.25) is 5.91 Å². The van der Waals surface area contributed by atoms with Gasteiger partial charge in [-0.3, -0.25) is 4.79 Å². The maximum Gasteiger partial charge on any atom is 0.238 e. The normalized spacial score (nSPS) is 15.4. The predicted molar refractivity (Wildman–Crippen MR) is 60.6 cm³/mol. The van der Waals surface area contributed by atoms with Gasteiger partial charge >= 0.3 is 0 Å². The molecule has 1 aromatic rings. The highest BCUT2D eigenvalue weighted by Gasteiger charge is 2.18. The Morgan fingerprint density at radius 3 is 2.47 bits per heavy atom. The molecule has 2 N–H and O–H groups in total. The van der Waals surface area contributed by atoms with Crippen LogP contribution in [0.1, 0.15) is 19.3 Å². The molecule has 1 fully saturated rings. The second-order valence-electron chi connectivity index (χ2n) is 4.15. The number of carbonyl (C=O) groups excluding carboxylic acids is 1. The lowest BCUT2D eigenvalue weighted by molar-refractivity contribution is -0.115. The Morgan fingerprint density at radius 2 is 1.94 bits per heavy atom. The fourth-order valence-electron chi connectivity index (χ4n) is 1.65. The van der Waals surface area contributed by atoms with Crippen molar-refractivity contribution in [2.45, 2.75) is 25.3 Å². The largest absolute Gasteiger partial charge is 0.320 e. The van der Waals surface area contributed by atoms with Crippen LogP contribution in [0.2, 0.25) is 0 Å². The molecule has 1 aliphatic rings. The summed E-state index contributed by atoms with van der Waals surface area (Å²) in [5.74, 6) is -1.95. The molecule has 0 atom stereocenters. The fraction of sp³-hybridized carbons (Fsp3) is 0.417. The molecule has 92 valence electrons. The van der Waals surface area contributed by atoms with Crippen molar-refractivity contribution in [2.24, 2.45) is 0 Å². The van der Waals surface area contributed by atoms with Crippen molar-refractivity contribution in [3.63, 3.8) is 0 Å². The molecule has 0 saturated heterocycles. The number of hydrogen-bond acceptors (Lipinski definition) is 2. The number of rotatable bonds is 4. The Kier molecular flexibility index (Phi) is 3.68. The van der Waals surface area contributed by atoms with Crippen LogP contribution in [0.15, 0.2) is 18.2 Å². The zero-order chi connectivity index (χ0) is 12.3. The maximum atomic E-state index is 13.2. The van der Waals surface area contributed by atoms with E-state index in [0.717, 1.165) is 25.0 Å². The van der Waals surface area contributed by atoms with E-state index >= 15 is 0 Å². The second kappa shape index (κ2) is 5.23. The lowest BCUT2D eigenvalue weighted by atomic mass is 9.93. The van der Waals surface area contributed by atoms with E-state index in [9.17, 15) is 13.6 Å². The molecule has 1 amide bonds. The first-order valence-electron chi connectivity index (χ1n) is 5.64. The van der Waals surface area contributed by atoms with Crippen molar-refractivity contribution < 1.29 is 13.6 Å². The summed E-state index contributed by atoms with van der Waals surface area (Å²) in [5, 5.41) is 5.25. The summed E-state index contributed by atoms with van der Waals surface area (Å²) < 4.78 is 26.4. The fourth-order valence-corrected chi connectivity index (χ4v) is 1.65. The second-order valence-corrected chi connectivity index (χ2v) is 4.15. The predicted octanol–water partition coefficient (Wildman–Crippen LogP) is 2.05. The Labute approximate surface area is 98.2 Å². The van der Waals surface area contributed by atoms with Crippen LogP contribution in [0.25, 0.3) is 0 Å². The van der Waals surface area contributed by atoms with Gasteiger partial charge in [0.1, 0.15) is 17.3 Å². The molecule has 0 heterocycles. The van der Waals surface area contributed by atoms with E-state index < -0.39 is 17.5 Å². The van der Waals surface area contributed by atoms with Gasteiger partial charge in [-0.05, 0) is 25.0 Å². The summed E-state index contributed by atoms with van der Waals surface area (Å²) >= 11 is 0. The molecule has 1 saturated carbocycles. The Bertz CT molecular complexity index is 399. The van der Waals surface area contributed by atoms with Crippen LogP contribution < -0.4 is 10.6 Å². The van der Waals surface area contributed by atoms with Crippen molar-refractivity contribution in [2.75, 3.05) is 11.9 Å². The summed E-state index contributed by atoms with van der Waals surface area (Å²) in [4.78, 5) is 11.5. The third-order valence-corrected chi connectivity index (χ3v) is 2.88. The van der Waals surface area contributed by atoms with Gasteiger partial charge in [0, 0.05) is 6.04 Å². The smallest absolute Gasteiger partial charge is 0.238 e. The van der Waals surface area contributed by atoms with Crippen molar-refractivity contribution in [1.29, 1.82) is 0 Å².